The third-order valence-corrected chi connectivity index (χ3v) is 4.77. The number of carbonyl (C=O) groups is 1. The Morgan fingerprint density at radius 3 is 2.66 bits per heavy atom. The second kappa shape index (κ2) is 7.59. The molecule has 3 aromatic rings. The Bertz CT molecular complexity index is 1070. The van der Waals surface area contributed by atoms with Crippen molar-refractivity contribution < 1.29 is 23.0 Å². The smallest absolute Gasteiger partial charge is 0.215 e. The number of rotatable bonds is 7. The molecule has 1 aliphatic rings. The van der Waals surface area contributed by atoms with Gasteiger partial charge in [0, 0.05) is 24.1 Å². The number of nitrogens with one attached hydrogen (secondary N) is 1. The molecule has 1 atom stereocenters. The first-order valence-corrected chi connectivity index (χ1v) is 8.88. The normalized spacial score (nSPS) is 15.2. The van der Waals surface area contributed by atoms with Gasteiger partial charge < -0.3 is 19.7 Å². The molecule has 1 aromatic carbocycles. The largest absolute Gasteiger partial charge is 0.481 e. The summed E-state index contributed by atoms with van der Waals surface area (Å²) in [6.07, 6.45) is 1.76. The van der Waals surface area contributed by atoms with E-state index in [1.807, 2.05) is 0 Å². The zero-order chi connectivity index (χ0) is 20.5. The number of carbonyl (C=O) groups excluding carboxylic acids is 1. The number of fused-ring (bicyclic) bond motifs is 1. The van der Waals surface area contributed by atoms with E-state index >= 15 is 0 Å². The SMILES string of the molecule is CNc1cnc2nc(OC)ccc2c1N(C=O)Cc1c(F)cc(C2CO2)cc1F. The van der Waals surface area contributed by atoms with Crippen LogP contribution >= 0.6 is 0 Å². The molecule has 1 amide bonds. The van der Waals surface area contributed by atoms with Crippen molar-refractivity contribution in [3.05, 3.63) is 53.2 Å². The van der Waals surface area contributed by atoms with E-state index in [1.54, 1.807) is 19.2 Å². The Kier molecular flexibility index (Phi) is 4.98. The number of hydrogen-bond acceptors (Lipinski definition) is 6. The minimum absolute atomic E-state index is 0.213. The lowest BCUT2D eigenvalue weighted by atomic mass is 10.1. The van der Waals surface area contributed by atoms with Crippen LogP contribution in [0.3, 0.4) is 0 Å². The molecule has 0 spiro atoms. The Balaban J connectivity index is 1.78. The number of ether oxygens (including phenoxy) is 2. The molecule has 1 unspecified atom stereocenters. The van der Waals surface area contributed by atoms with Crippen LogP contribution in [-0.2, 0) is 16.1 Å². The van der Waals surface area contributed by atoms with Crippen LogP contribution in [-0.4, -0.2) is 37.1 Å². The van der Waals surface area contributed by atoms with E-state index in [4.69, 9.17) is 9.47 Å². The number of epoxide rings is 1. The summed E-state index contributed by atoms with van der Waals surface area (Å²) in [7, 11) is 3.15. The van der Waals surface area contributed by atoms with Crippen molar-refractivity contribution in [2.75, 3.05) is 31.0 Å². The minimum Gasteiger partial charge on any atom is -0.481 e. The molecule has 1 N–H and O–H groups in total. The highest BCUT2D eigenvalue weighted by molar-refractivity contribution is 6.01. The van der Waals surface area contributed by atoms with Crippen molar-refractivity contribution in [3.63, 3.8) is 0 Å². The molecule has 4 rings (SSSR count). The van der Waals surface area contributed by atoms with Gasteiger partial charge in [-0.25, -0.2) is 13.8 Å². The first-order valence-electron chi connectivity index (χ1n) is 8.88. The standard InChI is InChI=1S/C20H18F2N4O3/c1-23-16-7-24-20-12(3-4-18(25-20)28-2)19(16)26(10-27)8-13-14(21)5-11(6-15(13)22)17-9-29-17/h3-7,10,17,23H,8-9H2,1-2H3. The number of methoxy groups -OCH3 is 1. The predicted octanol–water partition coefficient (Wildman–Crippen LogP) is 3.19. The van der Waals surface area contributed by atoms with Gasteiger partial charge >= 0.3 is 0 Å². The number of hydrogen-bond donors (Lipinski definition) is 1. The van der Waals surface area contributed by atoms with Gasteiger partial charge in [0.2, 0.25) is 12.3 Å². The molecule has 29 heavy (non-hydrogen) atoms. The van der Waals surface area contributed by atoms with Crippen molar-refractivity contribution in [1.82, 2.24) is 9.97 Å². The first-order chi connectivity index (χ1) is 14.0. The third-order valence-electron chi connectivity index (χ3n) is 4.77. The third kappa shape index (κ3) is 3.56. The fourth-order valence-electron chi connectivity index (χ4n) is 3.19. The van der Waals surface area contributed by atoms with Gasteiger partial charge in [-0.05, 0) is 23.8 Å². The summed E-state index contributed by atoms with van der Waals surface area (Å²) in [6, 6.07) is 5.81. The molecule has 0 bridgehead atoms. The van der Waals surface area contributed by atoms with Crippen LogP contribution in [0.4, 0.5) is 20.2 Å². The minimum atomic E-state index is -0.730. The monoisotopic (exact) mass is 400 g/mol. The topological polar surface area (TPSA) is 79.9 Å². The second-order valence-corrected chi connectivity index (χ2v) is 6.51. The van der Waals surface area contributed by atoms with Crippen LogP contribution in [0, 0.1) is 11.6 Å². The molecule has 3 heterocycles. The fourth-order valence-corrected chi connectivity index (χ4v) is 3.19. The lowest BCUT2D eigenvalue weighted by molar-refractivity contribution is -0.107. The highest BCUT2D eigenvalue weighted by Gasteiger charge is 2.28. The number of pyridine rings is 2. The van der Waals surface area contributed by atoms with E-state index in [2.05, 4.69) is 15.3 Å². The van der Waals surface area contributed by atoms with Gasteiger partial charge in [0.25, 0.3) is 0 Å². The van der Waals surface area contributed by atoms with Crippen LogP contribution in [0.2, 0.25) is 0 Å². The maximum absolute atomic E-state index is 14.6. The van der Waals surface area contributed by atoms with Gasteiger partial charge in [-0.3, -0.25) is 4.79 Å². The Hall–Kier alpha value is -3.33. The highest BCUT2D eigenvalue weighted by atomic mass is 19.1. The first kappa shape index (κ1) is 19.0. The molecule has 1 saturated heterocycles. The lowest BCUT2D eigenvalue weighted by Gasteiger charge is -2.23. The van der Waals surface area contributed by atoms with Crippen LogP contribution in [0.25, 0.3) is 11.0 Å². The van der Waals surface area contributed by atoms with Crippen molar-refractivity contribution in [2.24, 2.45) is 0 Å². The quantitative estimate of drug-likeness (QED) is 0.485. The molecule has 7 nitrogen and oxygen atoms in total. The number of aromatic nitrogens is 2. The summed E-state index contributed by atoms with van der Waals surface area (Å²) < 4.78 is 39.4. The van der Waals surface area contributed by atoms with Gasteiger partial charge in [-0.1, -0.05) is 0 Å². The zero-order valence-corrected chi connectivity index (χ0v) is 15.8. The van der Waals surface area contributed by atoms with E-state index in [0.717, 1.165) is 0 Å². The second-order valence-electron chi connectivity index (χ2n) is 6.51. The summed E-state index contributed by atoms with van der Waals surface area (Å²) in [5.74, 6) is -1.10. The van der Waals surface area contributed by atoms with E-state index < -0.39 is 11.6 Å². The summed E-state index contributed by atoms with van der Waals surface area (Å²) in [5.41, 5.74) is 1.50. The Labute approximate surface area is 165 Å². The van der Waals surface area contributed by atoms with E-state index in [9.17, 15) is 13.6 Å². The van der Waals surface area contributed by atoms with Gasteiger partial charge in [0.15, 0.2) is 5.65 Å². The molecule has 1 fully saturated rings. The predicted molar refractivity (Wildman–Crippen MR) is 103 cm³/mol. The van der Waals surface area contributed by atoms with Gasteiger partial charge in [0.1, 0.15) is 17.7 Å². The van der Waals surface area contributed by atoms with Gasteiger partial charge in [-0.2, -0.15) is 4.98 Å². The summed E-state index contributed by atoms with van der Waals surface area (Å²) in [6.45, 7) is 0.149. The number of benzene rings is 1. The maximum atomic E-state index is 14.6. The van der Waals surface area contributed by atoms with Crippen molar-refractivity contribution in [1.29, 1.82) is 0 Å². The summed E-state index contributed by atoms with van der Waals surface area (Å²) >= 11 is 0. The Morgan fingerprint density at radius 1 is 1.34 bits per heavy atom. The number of halogens is 2. The average Bonchev–Trinajstić information content (AvgIpc) is 3.58. The van der Waals surface area contributed by atoms with Crippen molar-refractivity contribution in [3.8, 4) is 5.88 Å². The highest BCUT2D eigenvalue weighted by Crippen LogP contribution is 2.35. The molecule has 150 valence electrons. The average molecular weight is 400 g/mol. The van der Waals surface area contributed by atoms with Gasteiger partial charge in [0.05, 0.1) is 37.8 Å². The summed E-state index contributed by atoms with van der Waals surface area (Å²) in [4.78, 5) is 21.7. The van der Waals surface area contributed by atoms with E-state index in [-0.39, 0.29) is 18.2 Å². The van der Waals surface area contributed by atoms with Crippen molar-refractivity contribution in [2.45, 2.75) is 12.6 Å². The van der Waals surface area contributed by atoms with E-state index in [0.29, 0.717) is 46.9 Å². The van der Waals surface area contributed by atoms with Gasteiger partial charge in [-0.15, -0.1) is 0 Å². The maximum Gasteiger partial charge on any atom is 0.215 e. The molecular formula is C20H18F2N4O3. The van der Waals surface area contributed by atoms with Crippen LogP contribution in [0.5, 0.6) is 5.88 Å². The van der Waals surface area contributed by atoms with Crippen LogP contribution < -0.4 is 15.0 Å². The number of nitrogens with zero attached hydrogens (tertiary/aromatic N) is 3. The van der Waals surface area contributed by atoms with Crippen molar-refractivity contribution >= 4 is 28.8 Å². The summed E-state index contributed by atoms with van der Waals surface area (Å²) in [5, 5.41) is 3.49. The number of amides is 1. The Morgan fingerprint density at radius 2 is 2.07 bits per heavy atom. The lowest BCUT2D eigenvalue weighted by Crippen LogP contribution is -2.23. The molecular weight excluding hydrogens is 382 g/mol. The molecule has 0 radical (unpaired) electrons. The molecule has 0 aliphatic carbocycles. The molecule has 1 aliphatic heterocycles. The fraction of sp³-hybridized carbons (Fsp3) is 0.250. The van der Waals surface area contributed by atoms with E-state index in [1.165, 1.54) is 30.3 Å². The molecule has 0 saturated carbocycles. The number of anilines is 2. The molecule has 2 aromatic heterocycles. The zero-order valence-electron chi connectivity index (χ0n) is 15.8. The van der Waals surface area contributed by atoms with Crippen LogP contribution in [0.1, 0.15) is 17.2 Å². The molecule has 9 heteroatoms. The van der Waals surface area contributed by atoms with Crippen LogP contribution in [0.15, 0.2) is 30.5 Å².